The van der Waals surface area contributed by atoms with E-state index in [1.807, 2.05) is 0 Å². The van der Waals surface area contributed by atoms with Crippen molar-refractivity contribution in [2.24, 2.45) is 0 Å². The van der Waals surface area contributed by atoms with Crippen molar-refractivity contribution in [2.75, 3.05) is 5.73 Å². The van der Waals surface area contributed by atoms with Crippen LogP contribution in [0.3, 0.4) is 0 Å². The van der Waals surface area contributed by atoms with Crippen LogP contribution in [0.1, 0.15) is 0 Å². The number of nitrogen functional groups attached to an aromatic ring is 1. The summed E-state index contributed by atoms with van der Waals surface area (Å²) in [4.78, 5) is -1.99. The van der Waals surface area contributed by atoms with E-state index in [1.54, 1.807) is 30.3 Å². The van der Waals surface area contributed by atoms with Crippen molar-refractivity contribution in [3.63, 3.8) is 0 Å². The van der Waals surface area contributed by atoms with Gasteiger partial charge in [-0.3, -0.25) is 4.55 Å². The molecule has 0 unspecified atom stereocenters. The summed E-state index contributed by atoms with van der Waals surface area (Å²) in [7, 11) is -10.2. The highest BCUT2D eigenvalue weighted by atomic mass is 32.2. The van der Waals surface area contributed by atoms with Gasteiger partial charge >= 0.3 is 0 Å². The molecule has 0 aliphatic heterocycles. The Balaban J connectivity index is 2.62. The molecule has 0 fully saturated rings. The fourth-order valence-corrected chi connectivity index (χ4v) is 4.67. The molecule has 7 nitrogen and oxygen atoms in total. The minimum absolute atomic E-state index is 0.142. The highest BCUT2D eigenvalue weighted by Gasteiger charge is 2.25. The molecule has 0 aliphatic carbocycles. The van der Waals surface area contributed by atoms with E-state index in [0.717, 1.165) is 6.07 Å². The van der Waals surface area contributed by atoms with Crippen LogP contribution in [0.5, 0.6) is 0 Å². The van der Waals surface area contributed by atoms with Crippen molar-refractivity contribution >= 4 is 36.7 Å². The van der Waals surface area contributed by atoms with Crippen LogP contribution >= 0.6 is 0 Å². The molecule has 3 rings (SSSR count). The Morgan fingerprint density at radius 1 is 0.880 bits per heavy atom. The molecule has 9 heteroatoms. The lowest BCUT2D eigenvalue weighted by Gasteiger charge is -2.18. The van der Waals surface area contributed by atoms with Gasteiger partial charge in [-0.2, -0.15) is 8.42 Å². The molecule has 0 aromatic heterocycles. The zero-order chi connectivity index (χ0) is 18.4. The van der Waals surface area contributed by atoms with Crippen molar-refractivity contribution in [1.82, 2.24) is 0 Å². The summed E-state index contributed by atoms with van der Waals surface area (Å²) >= 11 is 0. The lowest BCUT2D eigenvalue weighted by atomic mass is 9.98. The SMILES string of the molecule is Nc1ccc2c(-c3ccccc3)cc(S(=O)(=O)O)c(S(=O)(=O)[O-])c2c1. The van der Waals surface area contributed by atoms with Gasteiger partial charge in [-0.25, -0.2) is 8.42 Å². The van der Waals surface area contributed by atoms with Gasteiger partial charge in [0.2, 0.25) is 0 Å². The Morgan fingerprint density at radius 2 is 1.52 bits per heavy atom. The summed E-state index contributed by atoms with van der Waals surface area (Å²) in [5, 5.41) is 0.159. The molecule has 3 aromatic rings. The first-order valence-electron chi connectivity index (χ1n) is 6.94. The average Bonchev–Trinajstić information content (AvgIpc) is 2.52. The van der Waals surface area contributed by atoms with Gasteiger partial charge in [0.15, 0.2) is 0 Å². The number of hydrogen-bond acceptors (Lipinski definition) is 6. The molecular formula is C16H12NO6S2-. The van der Waals surface area contributed by atoms with Crippen molar-refractivity contribution in [2.45, 2.75) is 9.79 Å². The van der Waals surface area contributed by atoms with Gasteiger partial charge in [-0.05, 0) is 34.7 Å². The third kappa shape index (κ3) is 3.22. The molecular weight excluding hydrogens is 366 g/mol. The van der Waals surface area contributed by atoms with Crippen molar-refractivity contribution in [3.05, 3.63) is 54.6 Å². The molecule has 0 radical (unpaired) electrons. The average molecular weight is 378 g/mol. The van der Waals surface area contributed by atoms with Gasteiger partial charge in [0.05, 0.1) is 4.90 Å². The van der Waals surface area contributed by atoms with Gasteiger partial charge in [0.25, 0.3) is 10.1 Å². The third-order valence-corrected chi connectivity index (χ3v) is 5.64. The lowest BCUT2D eigenvalue weighted by Crippen LogP contribution is -2.10. The highest BCUT2D eigenvalue weighted by Crippen LogP contribution is 2.38. The van der Waals surface area contributed by atoms with Crippen molar-refractivity contribution < 1.29 is 25.9 Å². The second kappa shape index (κ2) is 5.81. The molecule has 0 saturated carbocycles. The molecule has 25 heavy (non-hydrogen) atoms. The Morgan fingerprint density at radius 3 is 2.08 bits per heavy atom. The van der Waals surface area contributed by atoms with Gasteiger partial charge in [0, 0.05) is 11.1 Å². The maximum atomic E-state index is 11.7. The molecule has 0 saturated heterocycles. The quantitative estimate of drug-likeness (QED) is 0.526. The highest BCUT2D eigenvalue weighted by molar-refractivity contribution is 7.89. The predicted octanol–water partition coefficient (Wildman–Crippen LogP) is 2.24. The summed E-state index contributed by atoms with van der Waals surface area (Å²) in [5.74, 6) is 0. The maximum Gasteiger partial charge on any atom is 0.295 e. The Hall–Kier alpha value is -2.46. The van der Waals surface area contributed by atoms with E-state index in [9.17, 15) is 25.9 Å². The van der Waals surface area contributed by atoms with Gasteiger partial charge in [0.1, 0.15) is 15.0 Å². The first-order chi connectivity index (χ1) is 11.6. The van der Waals surface area contributed by atoms with E-state index < -0.39 is 30.0 Å². The predicted molar refractivity (Wildman–Crippen MR) is 91.6 cm³/mol. The Bertz CT molecular complexity index is 1190. The summed E-state index contributed by atoms with van der Waals surface area (Å²) in [6.45, 7) is 0. The van der Waals surface area contributed by atoms with Crippen LogP contribution in [0.2, 0.25) is 0 Å². The molecule has 0 atom stereocenters. The third-order valence-electron chi connectivity index (χ3n) is 3.69. The molecule has 3 N–H and O–H groups in total. The smallest absolute Gasteiger partial charge is 0.295 e. The molecule has 0 amide bonds. The monoisotopic (exact) mass is 378 g/mol. The standard InChI is InChI=1S/C16H13NO6S2/c17-11-6-7-12-13(10-4-2-1-3-5-10)9-15(24(18,19)20)16(14(12)8-11)25(21,22)23/h1-9H,17H2,(H,18,19,20)(H,21,22,23)/p-1. The van der Waals surface area contributed by atoms with E-state index in [0.29, 0.717) is 16.5 Å². The van der Waals surface area contributed by atoms with Crippen LogP contribution in [0, 0.1) is 0 Å². The van der Waals surface area contributed by atoms with Gasteiger partial charge in [-0.15, -0.1) is 0 Å². The molecule has 0 spiro atoms. The first-order valence-corrected chi connectivity index (χ1v) is 9.79. The Kier molecular flexibility index (Phi) is 4.04. The second-order valence-corrected chi connectivity index (χ2v) is 8.06. The fourth-order valence-electron chi connectivity index (χ4n) is 2.70. The number of nitrogens with two attached hydrogens (primary N) is 1. The summed E-state index contributed by atoms with van der Waals surface area (Å²) in [6, 6.07) is 13.7. The summed E-state index contributed by atoms with van der Waals surface area (Å²) < 4.78 is 68.0. The summed E-state index contributed by atoms with van der Waals surface area (Å²) in [6.07, 6.45) is 0. The molecule has 3 aromatic carbocycles. The van der Waals surface area contributed by atoms with Gasteiger partial charge < -0.3 is 10.3 Å². The van der Waals surface area contributed by atoms with E-state index in [4.69, 9.17) is 5.73 Å². The van der Waals surface area contributed by atoms with Crippen molar-refractivity contribution in [3.8, 4) is 11.1 Å². The fraction of sp³-hybridized carbons (Fsp3) is 0. The molecule has 0 heterocycles. The van der Waals surface area contributed by atoms with E-state index >= 15 is 0 Å². The van der Waals surface area contributed by atoms with Gasteiger partial charge in [-0.1, -0.05) is 36.4 Å². The minimum Gasteiger partial charge on any atom is -0.744 e. The van der Waals surface area contributed by atoms with Crippen LogP contribution in [-0.4, -0.2) is 25.9 Å². The van der Waals surface area contributed by atoms with E-state index in [-0.39, 0.29) is 11.1 Å². The van der Waals surface area contributed by atoms with Crippen LogP contribution < -0.4 is 5.73 Å². The van der Waals surface area contributed by atoms with Crippen molar-refractivity contribution in [1.29, 1.82) is 0 Å². The number of hydrogen-bond donors (Lipinski definition) is 2. The van der Waals surface area contributed by atoms with E-state index in [2.05, 4.69) is 0 Å². The summed E-state index contributed by atoms with van der Waals surface area (Å²) in [5.41, 5.74) is 6.74. The number of fused-ring (bicyclic) bond motifs is 1. The number of benzene rings is 3. The van der Waals surface area contributed by atoms with Crippen LogP contribution in [-0.2, 0) is 20.2 Å². The maximum absolute atomic E-state index is 11.7. The lowest BCUT2D eigenvalue weighted by molar-refractivity contribution is 0.455. The minimum atomic E-state index is -5.20. The molecule has 0 aliphatic rings. The zero-order valence-electron chi connectivity index (χ0n) is 12.6. The van der Waals surface area contributed by atoms with Crippen LogP contribution in [0.4, 0.5) is 5.69 Å². The largest absolute Gasteiger partial charge is 0.744 e. The number of anilines is 1. The molecule has 0 bridgehead atoms. The van der Waals surface area contributed by atoms with Crippen LogP contribution in [0.25, 0.3) is 21.9 Å². The number of rotatable bonds is 3. The zero-order valence-corrected chi connectivity index (χ0v) is 14.2. The first kappa shape index (κ1) is 17.4. The molecule has 130 valence electrons. The topological polar surface area (TPSA) is 138 Å². The second-order valence-electron chi connectivity index (χ2n) is 5.35. The van der Waals surface area contributed by atoms with E-state index in [1.165, 1.54) is 18.2 Å². The normalized spacial score (nSPS) is 12.4. The van der Waals surface area contributed by atoms with Crippen LogP contribution in [0.15, 0.2) is 64.4 Å². The Labute approximate surface area is 144 Å².